The van der Waals surface area contributed by atoms with E-state index in [1.165, 1.54) is 6.07 Å². The van der Waals surface area contributed by atoms with E-state index >= 15 is 0 Å². The van der Waals surface area contributed by atoms with Gasteiger partial charge in [-0.1, -0.05) is 12.1 Å². The first-order valence-electron chi connectivity index (χ1n) is 7.23. The van der Waals surface area contributed by atoms with Crippen LogP contribution in [0.4, 0.5) is 4.39 Å². The van der Waals surface area contributed by atoms with E-state index < -0.39 is 0 Å². The van der Waals surface area contributed by atoms with Gasteiger partial charge in [0.25, 0.3) is 4.84 Å². The van der Waals surface area contributed by atoms with E-state index in [1.807, 2.05) is 13.8 Å². The van der Waals surface area contributed by atoms with Crippen LogP contribution in [-0.4, -0.2) is 40.0 Å². The molecule has 1 aromatic carbocycles. The van der Waals surface area contributed by atoms with Crippen molar-refractivity contribution in [2.24, 2.45) is 0 Å². The molecule has 1 aromatic heterocycles. The number of ether oxygens (including phenoxy) is 1. The predicted molar refractivity (Wildman–Crippen MR) is 82.3 cm³/mol. The monoisotopic (exact) mass is 323 g/mol. The first-order chi connectivity index (χ1) is 10.5. The van der Waals surface area contributed by atoms with Gasteiger partial charge in [0.2, 0.25) is 5.89 Å². The molecule has 0 saturated carbocycles. The van der Waals surface area contributed by atoms with Gasteiger partial charge in [0.05, 0.1) is 24.4 Å². The van der Waals surface area contributed by atoms with E-state index in [-0.39, 0.29) is 28.8 Å². The highest BCUT2D eigenvalue weighted by Gasteiger charge is 2.23. The fourth-order valence-electron chi connectivity index (χ4n) is 2.73. The molecule has 1 saturated heterocycles. The van der Waals surface area contributed by atoms with Gasteiger partial charge in [0, 0.05) is 13.1 Å². The lowest BCUT2D eigenvalue weighted by atomic mass is 10.2. The van der Waals surface area contributed by atoms with Gasteiger partial charge >= 0.3 is 0 Å². The van der Waals surface area contributed by atoms with E-state index in [9.17, 15) is 4.39 Å². The van der Waals surface area contributed by atoms with Crippen LogP contribution >= 0.6 is 12.2 Å². The second-order valence-electron chi connectivity index (χ2n) is 5.59. The molecule has 2 heterocycles. The maximum atomic E-state index is 13.8. The van der Waals surface area contributed by atoms with Crippen molar-refractivity contribution >= 4 is 12.2 Å². The van der Waals surface area contributed by atoms with E-state index in [2.05, 4.69) is 10.00 Å². The summed E-state index contributed by atoms with van der Waals surface area (Å²) in [5.41, 5.74) is 0.316. The molecule has 2 atom stereocenters. The lowest BCUT2D eigenvalue weighted by Gasteiger charge is -2.34. The molecule has 1 aliphatic rings. The molecule has 0 aliphatic carbocycles. The molecular weight excluding hydrogens is 305 g/mol. The van der Waals surface area contributed by atoms with Crippen LogP contribution in [0.5, 0.6) is 0 Å². The van der Waals surface area contributed by atoms with E-state index in [1.54, 1.807) is 22.9 Å². The third-order valence-corrected chi connectivity index (χ3v) is 3.83. The number of morpholine rings is 1. The van der Waals surface area contributed by atoms with E-state index in [4.69, 9.17) is 21.4 Å². The van der Waals surface area contributed by atoms with Crippen LogP contribution in [0.25, 0.3) is 11.5 Å². The van der Waals surface area contributed by atoms with Gasteiger partial charge in [0.1, 0.15) is 5.82 Å². The molecule has 5 nitrogen and oxygen atoms in total. The van der Waals surface area contributed by atoms with Crippen molar-refractivity contribution in [3.8, 4) is 11.5 Å². The fraction of sp³-hybridized carbons (Fsp3) is 0.467. The Morgan fingerprint density at radius 2 is 1.95 bits per heavy atom. The summed E-state index contributed by atoms with van der Waals surface area (Å²) in [4.78, 5) is 2.44. The van der Waals surface area contributed by atoms with Crippen LogP contribution in [0, 0.1) is 10.7 Å². The summed E-state index contributed by atoms with van der Waals surface area (Å²) in [5.74, 6) is -0.169. The Morgan fingerprint density at radius 1 is 1.27 bits per heavy atom. The molecule has 7 heteroatoms. The first-order valence-corrected chi connectivity index (χ1v) is 7.64. The minimum Gasteiger partial charge on any atom is -0.409 e. The van der Waals surface area contributed by atoms with E-state index in [0.717, 1.165) is 13.1 Å². The number of aromatic nitrogens is 2. The van der Waals surface area contributed by atoms with Crippen LogP contribution in [0.1, 0.15) is 13.8 Å². The molecule has 2 aromatic rings. The van der Waals surface area contributed by atoms with Crippen molar-refractivity contribution in [1.29, 1.82) is 0 Å². The molecule has 0 radical (unpaired) electrons. The zero-order chi connectivity index (χ0) is 15.7. The molecule has 0 amide bonds. The molecule has 22 heavy (non-hydrogen) atoms. The Hall–Kier alpha value is -1.57. The Labute approximate surface area is 133 Å². The summed E-state index contributed by atoms with van der Waals surface area (Å²) in [5, 5.41) is 4.31. The van der Waals surface area contributed by atoms with Gasteiger partial charge < -0.3 is 9.15 Å². The molecule has 1 fully saturated rings. The van der Waals surface area contributed by atoms with Crippen LogP contribution in [0.2, 0.25) is 0 Å². The second-order valence-corrected chi connectivity index (χ2v) is 5.94. The van der Waals surface area contributed by atoms with Crippen molar-refractivity contribution in [2.45, 2.75) is 32.7 Å². The van der Waals surface area contributed by atoms with Gasteiger partial charge in [-0.3, -0.25) is 4.90 Å². The highest BCUT2D eigenvalue weighted by molar-refractivity contribution is 7.71. The molecule has 0 N–H and O–H groups in total. The summed E-state index contributed by atoms with van der Waals surface area (Å²) < 4.78 is 26.5. The molecule has 1 aliphatic heterocycles. The van der Waals surface area contributed by atoms with Gasteiger partial charge in [-0.25, -0.2) is 9.07 Å². The molecule has 0 bridgehead atoms. The largest absolute Gasteiger partial charge is 0.409 e. The van der Waals surface area contributed by atoms with Crippen molar-refractivity contribution in [3.05, 3.63) is 34.9 Å². The van der Waals surface area contributed by atoms with Crippen molar-refractivity contribution < 1.29 is 13.5 Å². The SMILES string of the molecule is C[C@@H]1CN(Cn2nc(-c3ccccc3F)oc2=S)C[C@@H](C)O1. The van der Waals surface area contributed by atoms with Crippen molar-refractivity contribution in [3.63, 3.8) is 0 Å². The number of rotatable bonds is 3. The number of nitrogens with zero attached hydrogens (tertiary/aromatic N) is 3. The summed E-state index contributed by atoms with van der Waals surface area (Å²) in [6.07, 6.45) is 0.326. The summed E-state index contributed by atoms with van der Waals surface area (Å²) >= 11 is 5.20. The average molecular weight is 323 g/mol. The van der Waals surface area contributed by atoms with Gasteiger partial charge in [-0.2, -0.15) is 0 Å². The quantitative estimate of drug-likeness (QED) is 0.812. The Morgan fingerprint density at radius 3 is 2.64 bits per heavy atom. The molecule has 118 valence electrons. The second kappa shape index (κ2) is 6.28. The highest BCUT2D eigenvalue weighted by Crippen LogP contribution is 2.21. The summed E-state index contributed by atoms with van der Waals surface area (Å²) in [6.45, 7) is 6.18. The van der Waals surface area contributed by atoms with Crippen LogP contribution in [0.3, 0.4) is 0 Å². The average Bonchev–Trinajstić information content (AvgIpc) is 2.79. The van der Waals surface area contributed by atoms with Gasteiger partial charge in [-0.05, 0) is 38.2 Å². The fourth-order valence-corrected chi connectivity index (χ4v) is 2.91. The van der Waals surface area contributed by atoms with Gasteiger partial charge in [-0.15, -0.1) is 5.10 Å². The normalized spacial score (nSPS) is 22.9. The van der Waals surface area contributed by atoms with Crippen LogP contribution in [-0.2, 0) is 11.4 Å². The maximum absolute atomic E-state index is 13.8. The summed E-state index contributed by atoms with van der Waals surface area (Å²) in [7, 11) is 0. The Kier molecular flexibility index (Phi) is 4.37. The van der Waals surface area contributed by atoms with Crippen LogP contribution < -0.4 is 0 Å². The number of halogens is 1. The first kappa shape index (κ1) is 15.3. The molecule has 0 unspecified atom stereocenters. The lowest BCUT2D eigenvalue weighted by molar-refractivity contribution is -0.0778. The minimum atomic E-state index is -0.375. The minimum absolute atomic E-state index is 0.163. The van der Waals surface area contributed by atoms with Gasteiger partial charge in [0.15, 0.2) is 0 Å². The lowest BCUT2D eigenvalue weighted by Crippen LogP contribution is -2.46. The van der Waals surface area contributed by atoms with E-state index in [0.29, 0.717) is 12.2 Å². The number of benzene rings is 1. The third-order valence-electron chi connectivity index (χ3n) is 3.54. The highest BCUT2D eigenvalue weighted by atomic mass is 32.1. The molecular formula is C15H18FN3O2S. The Bertz CT molecular complexity index is 705. The predicted octanol–water partition coefficient (Wildman–Crippen LogP) is 3.08. The smallest absolute Gasteiger partial charge is 0.288 e. The Balaban J connectivity index is 1.81. The standard InChI is InChI=1S/C15H18FN3O2S/c1-10-7-18(8-11(2)20-10)9-19-15(22)21-14(17-19)12-5-3-4-6-13(12)16/h3-6,10-11H,7-9H2,1-2H3/t10-,11-/m1/s1. The van der Waals surface area contributed by atoms with Crippen molar-refractivity contribution in [2.75, 3.05) is 13.1 Å². The third kappa shape index (κ3) is 3.26. The molecule has 3 rings (SSSR count). The topological polar surface area (TPSA) is 43.4 Å². The maximum Gasteiger partial charge on any atom is 0.288 e. The van der Waals surface area contributed by atoms with Crippen molar-refractivity contribution in [1.82, 2.24) is 14.7 Å². The zero-order valence-electron chi connectivity index (χ0n) is 12.5. The zero-order valence-corrected chi connectivity index (χ0v) is 13.3. The molecule has 0 spiro atoms. The number of hydrogen-bond acceptors (Lipinski definition) is 5. The number of hydrogen-bond donors (Lipinski definition) is 0. The summed E-state index contributed by atoms with van der Waals surface area (Å²) in [6, 6.07) is 6.36. The van der Waals surface area contributed by atoms with Crippen LogP contribution in [0.15, 0.2) is 28.7 Å².